The Balaban J connectivity index is 1.31. The minimum atomic E-state index is -0.798. The number of nitrogens with one attached hydrogen (secondary N) is 4. The average Bonchev–Trinajstić information content (AvgIpc) is 3.47. The lowest BCUT2D eigenvalue weighted by molar-refractivity contribution is -0.127. The van der Waals surface area contributed by atoms with E-state index in [9.17, 15) is 4.79 Å². The molecule has 0 saturated carbocycles. The normalized spacial score (nSPS) is 16.6. The van der Waals surface area contributed by atoms with Crippen molar-refractivity contribution in [3.8, 4) is 0 Å². The number of benzene rings is 2. The average molecular weight is 460 g/mol. The third kappa shape index (κ3) is 5.01. The van der Waals surface area contributed by atoms with Crippen LogP contribution in [0.3, 0.4) is 0 Å². The molecule has 1 amide bonds. The molecule has 7 heteroatoms. The van der Waals surface area contributed by atoms with Gasteiger partial charge in [-0.25, -0.2) is 0 Å². The van der Waals surface area contributed by atoms with Crippen LogP contribution in [0.25, 0.3) is 21.9 Å². The quantitative estimate of drug-likeness (QED) is 0.309. The third-order valence-electron chi connectivity index (χ3n) is 6.77. The van der Waals surface area contributed by atoms with Crippen molar-refractivity contribution in [2.24, 2.45) is 0 Å². The second kappa shape index (κ2) is 10.0. The molecule has 5 rings (SSSR count). The van der Waals surface area contributed by atoms with Gasteiger partial charge in [0.2, 0.25) is 5.91 Å². The first-order valence-electron chi connectivity index (χ1n) is 12.1. The predicted octanol–water partition coefficient (Wildman–Crippen LogP) is 3.03. The Morgan fingerprint density at radius 1 is 1.12 bits per heavy atom. The molecule has 0 spiro atoms. The molecule has 1 atom stereocenters. The Bertz CT molecular complexity index is 1220. The number of aromatic nitrogens is 1. The number of rotatable bonds is 9. The summed E-state index contributed by atoms with van der Waals surface area (Å²) in [6.07, 6.45) is 2.58. The summed E-state index contributed by atoms with van der Waals surface area (Å²) in [5.41, 5.74) is 2.26. The second-order valence-electron chi connectivity index (χ2n) is 9.32. The largest absolute Gasteiger partial charge is 0.460 e. The summed E-state index contributed by atoms with van der Waals surface area (Å²) in [6.45, 7) is 8.00. The number of hydrogen-bond acceptors (Lipinski definition) is 5. The van der Waals surface area contributed by atoms with Crippen molar-refractivity contribution >= 4 is 27.8 Å². The minimum absolute atomic E-state index is 0.00373. The molecule has 2 aromatic heterocycles. The number of piperazine rings is 1. The van der Waals surface area contributed by atoms with Crippen LogP contribution in [0.4, 0.5) is 0 Å². The standard InChI is InChI=1S/C27H33N5O2/c1-27(17-21-18-30-24-8-4-3-7-23(21)24,26(33)29-12-15-32-13-10-28-11-14-32)31-19-22-16-20-6-2-5-9-25(20)34-22/h2-9,16,18,28,30-31H,10-15,17,19H2,1H3,(H,29,33). The van der Waals surface area contributed by atoms with Crippen molar-refractivity contribution in [3.05, 3.63) is 72.1 Å². The summed E-state index contributed by atoms with van der Waals surface area (Å²) in [7, 11) is 0. The van der Waals surface area contributed by atoms with Gasteiger partial charge in [0.05, 0.1) is 12.1 Å². The highest BCUT2D eigenvalue weighted by atomic mass is 16.3. The van der Waals surface area contributed by atoms with E-state index in [-0.39, 0.29) is 5.91 Å². The van der Waals surface area contributed by atoms with E-state index in [1.807, 2.05) is 55.6 Å². The summed E-state index contributed by atoms with van der Waals surface area (Å²) in [4.78, 5) is 19.2. The van der Waals surface area contributed by atoms with Crippen LogP contribution in [0.5, 0.6) is 0 Å². The van der Waals surface area contributed by atoms with Gasteiger partial charge in [-0.05, 0) is 30.7 Å². The molecule has 1 unspecified atom stereocenters. The highest BCUT2D eigenvalue weighted by Crippen LogP contribution is 2.24. The highest BCUT2D eigenvalue weighted by Gasteiger charge is 2.34. The van der Waals surface area contributed by atoms with Gasteiger partial charge in [-0.2, -0.15) is 0 Å². The fraction of sp³-hybridized carbons (Fsp3) is 0.370. The first-order valence-corrected chi connectivity index (χ1v) is 12.1. The Labute approximate surface area is 199 Å². The van der Waals surface area contributed by atoms with Gasteiger partial charge in [-0.15, -0.1) is 0 Å². The molecule has 1 saturated heterocycles. The maximum absolute atomic E-state index is 13.5. The molecular formula is C27H33N5O2. The van der Waals surface area contributed by atoms with E-state index >= 15 is 0 Å². The number of amides is 1. The van der Waals surface area contributed by atoms with E-state index in [1.54, 1.807) is 0 Å². The van der Waals surface area contributed by atoms with Crippen LogP contribution in [0, 0.1) is 0 Å². The summed E-state index contributed by atoms with van der Waals surface area (Å²) in [5, 5.41) is 12.3. The molecule has 34 heavy (non-hydrogen) atoms. The number of carbonyl (C=O) groups excluding carboxylic acids is 1. The number of fused-ring (bicyclic) bond motifs is 2. The molecule has 0 bridgehead atoms. The van der Waals surface area contributed by atoms with Crippen molar-refractivity contribution in [2.75, 3.05) is 39.3 Å². The minimum Gasteiger partial charge on any atom is -0.460 e. The van der Waals surface area contributed by atoms with Crippen molar-refractivity contribution in [3.63, 3.8) is 0 Å². The lowest BCUT2D eigenvalue weighted by atomic mass is 9.91. The fourth-order valence-corrected chi connectivity index (χ4v) is 4.75. The molecule has 7 nitrogen and oxygen atoms in total. The maximum atomic E-state index is 13.5. The van der Waals surface area contributed by atoms with E-state index < -0.39 is 5.54 Å². The van der Waals surface area contributed by atoms with E-state index in [1.165, 1.54) is 0 Å². The fourth-order valence-electron chi connectivity index (χ4n) is 4.75. The monoisotopic (exact) mass is 459 g/mol. The number of nitrogens with zero attached hydrogens (tertiary/aromatic N) is 1. The SMILES string of the molecule is CC(Cc1c[nH]c2ccccc12)(NCc1cc2ccccc2o1)C(=O)NCCN1CCNCC1. The molecule has 0 radical (unpaired) electrons. The van der Waals surface area contributed by atoms with E-state index in [4.69, 9.17) is 4.42 Å². The molecular weight excluding hydrogens is 426 g/mol. The summed E-state index contributed by atoms with van der Waals surface area (Å²) >= 11 is 0. The van der Waals surface area contributed by atoms with Crippen molar-refractivity contribution in [2.45, 2.75) is 25.4 Å². The van der Waals surface area contributed by atoms with Crippen LogP contribution in [-0.2, 0) is 17.8 Å². The number of hydrogen-bond donors (Lipinski definition) is 4. The zero-order chi connectivity index (χ0) is 23.4. The number of para-hydroxylation sites is 2. The molecule has 1 aliphatic rings. The highest BCUT2D eigenvalue weighted by molar-refractivity contribution is 5.89. The van der Waals surface area contributed by atoms with Crippen molar-refractivity contribution in [1.82, 2.24) is 25.8 Å². The van der Waals surface area contributed by atoms with E-state index in [0.29, 0.717) is 19.5 Å². The van der Waals surface area contributed by atoms with E-state index in [0.717, 1.165) is 65.9 Å². The number of aromatic amines is 1. The molecule has 3 heterocycles. The van der Waals surface area contributed by atoms with Gasteiger partial charge in [0, 0.05) is 68.2 Å². The zero-order valence-electron chi connectivity index (χ0n) is 19.7. The number of furan rings is 1. The smallest absolute Gasteiger partial charge is 0.240 e. The van der Waals surface area contributed by atoms with Crippen molar-refractivity contribution < 1.29 is 9.21 Å². The summed E-state index contributed by atoms with van der Waals surface area (Å²) < 4.78 is 6.00. The molecule has 0 aliphatic carbocycles. The number of H-pyrrole nitrogens is 1. The van der Waals surface area contributed by atoms with Crippen LogP contribution in [0.2, 0.25) is 0 Å². The lowest BCUT2D eigenvalue weighted by Crippen LogP contribution is -2.57. The molecule has 4 aromatic rings. The van der Waals surface area contributed by atoms with Gasteiger partial charge in [-0.1, -0.05) is 36.4 Å². The van der Waals surface area contributed by atoms with Crippen LogP contribution >= 0.6 is 0 Å². The molecule has 178 valence electrons. The van der Waals surface area contributed by atoms with Gasteiger partial charge in [-0.3, -0.25) is 15.0 Å². The summed E-state index contributed by atoms with van der Waals surface area (Å²) in [5.74, 6) is 0.823. The first-order chi connectivity index (χ1) is 16.6. The summed E-state index contributed by atoms with van der Waals surface area (Å²) in [6, 6.07) is 18.2. The van der Waals surface area contributed by atoms with E-state index in [2.05, 4.69) is 38.0 Å². The Morgan fingerprint density at radius 3 is 2.76 bits per heavy atom. The van der Waals surface area contributed by atoms with Crippen LogP contribution in [0.15, 0.2) is 65.2 Å². The first kappa shape index (κ1) is 22.7. The lowest BCUT2D eigenvalue weighted by Gasteiger charge is -2.31. The molecule has 1 aliphatic heterocycles. The van der Waals surface area contributed by atoms with Gasteiger partial charge >= 0.3 is 0 Å². The van der Waals surface area contributed by atoms with Gasteiger partial charge in [0.1, 0.15) is 11.3 Å². The van der Waals surface area contributed by atoms with Gasteiger partial charge < -0.3 is 20.0 Å². The topological polar surface area (TPSA) is 85.3 Å². The third-order valence-corrected chi connectivity index (χ3v) is 6.77. The van der Waals surface area contributed by atoms with Crippen molar-refractivity contribution in [1.29, 1.82) is 0 Å². The second-order valence-corrected chi connectivity index (χ2v) is 9.32. The number of carbonyl (C=O) groups is 1. The predicted molar refractivity (Wildman–Crippen MR) is 136 cm³/mol. The van der Waals surface area contributed by atoms with Crippen LogP contribution in [0.1, 0.15) is 18.2 Å². The molecule has 2 aromatic carbocycles. The molecule has 4 N–H and O–H groups in total. The zero-order valence-corrected chi connectivity index (χ0v) is 19.7. The maximum Gasteiger partial charge on any atom is 0.240 e. The van der Waals surface area contributed by atoms with Crippen LogP contribution < -0.4 is 16.0 Å². The Morgan fingerprint density at radius 2 is 1.91 bits per heavy atom. The Kier molecular flexibility index (Phi) is 6.67. The molecule has 1 fully saturated rings. The van der Waals surface area contributed by atoms with Gasteiger partial charge in [0.15, 0.2) is 0 Å². The van der Waals surface area contributed by atoms with Gasteiger partial charge in [0.25, 0.3) is 0 Å². The Hall–Kier alpha value is -3.13. The van der Waals surface area contributed by atoms with Crippen LogP contribution in [-0.4, -0.2) is 60.6 Å².